The van der Waals surface area contributed by atoms with Crippen LogP contribution in [0.2, 0.25) is 0 Å². The number of aromatic nitrogens is 1. The first-order chi connectivity index (χ1) is 9.29. The molecule has 4 aliphatic carbocycles. The minimum atomic E-state index is 0.463. The zero-order chi connectivity index (χ0) is 12.8. The summed E-state index contributed by atoms with van der Waals surface area (Å²) in [5.41, 5.74) is 1.38. The van der Waals surface area contributed by atoms with Gasteiger partial charge >= 0.3 is 0 Å². The summed E-state index contributed by atoms with van der Waals surface area (Å²) in [6.45, 7) is 2.31. The highest BCUT2D eigenvalue weighted by molar-refractivity contribution is 5.15. The van der Waals surface area contributed by atoms with Gasteiger partial charge in [-0.25, -0.2) is 0 Å². The standard InChI is InChI=1S/C17H24N2/c1-11(14-2-4-18-5-3-14)19-17-15-7-12-6-13(9-15)10-16(17)8-12/h2-5,11-13,15-17,19H,6-10H2,1H3/t11-,12?,13?,15?,16?,17?/m0/s1. The van der Waals surface area contributed by atoms with Gasteiger partial charge in [0.15, 0.2) is 0 Å². The van der Waals surface area contributed by atoms with Crippen LogP contribution in [0.5, 0.6) is 0 Å². The fourth-order valence-corrected chi connectivity index (χ4v) is 5.23. The topological polar surface area (TPSA) is 24.9 Å². The van der Waals surface area contributed by atoms with Crippen LogP contribution in [0.15, 0.2) is 24.5 Å². The van der Waals surface area contributed by atoms with Gasteiger partial charge < -0.3 is 5.32 Å². The zero-order valence-corrected chi connectivity index (χ0v) is 11.8. The first kappa shape index (κ1) is 11.9. The summed E-state index contributed by atoms with van der Waals surface area (Å²) in [6, 6.07) is 5.53. The highest BCUT2D eigenvalue weighted by Gasteiger charge is 2.48. The van der Waals surface area contributed by atoms with Crippen LogP contribution in [-0.4, -0.2) is 11.0 Å². The number of nitrogens with one attached hydrogen (secondary N) is 1. The lowest BCUT2D eigenvalue weighted by Gasteiger charge is -2.55. The van der Waals surface area contributed by atoms with E-state index in [1.165, 1.54) is 31.2 Å². The summed E-state index contributed by atoms with van der Waals surface area (Å²) in [5.74, 6) is 4.05. The Hall–Kier alpha value is -0.890. The SMILES string of the molecule is C[C@H](NC1C2CC3CC(C2)CC1C3)c1ccncc1. The molecule has 1 heterocycles. The molecule has 2 heteroatoms. The first-order valence-electron chi connectivity index (χ1n) is 7.95. The van der Waals surface area contributed by atoms with E-state index in [9.17, 15) is 0 Å². The lowest BCUT2D eigenvalue weighted by Crippen LogP contribution is -2.54. The lowest BCUT2D eigenvalue weighted by molar-refractivity contribution is -0.0171. The second-order valence-corrected chi connectivity index (χ2v) is 7.13. The summed E-state index contributed by atoms with van der Waals surface area (Å²) in [7, 11) is 0. The van der Waals surface area contributed by atoms with Crippen molar-refractivity contribution in [2.45, 2.75) is 51.1 Å². The van der Waals surface area contributed by atoms with E-state index in [0.717, 1.165) is 29.7 Å². The Kier molecular flexibility index (Phi) is 2.87. The molecule has 102 valence electrons. The van der Waals surface area contributed by atoms with E-state index in [2.05, 4.69) is 29.4 Å². The average Bonchev–Trinajstić information content (AvgIpc) is 2.43. The second-order valence-electron chi connectivity index (χ2n) is 7.13. The molecule has 1 aromatic rings. The van der Waals surface area contributed by atoms with E-state index in [0.29, 0.717) is 6.04 Å². The Balaban J connectivity index is 1.48. The summed E-state index contributed by atoms with van der Waals surface area (Å²) >= 11 is 0. The van der Waals surface area contributed by atoms with Gasteiger partial charge in [-0.3, -0.25) is 4.98 Å². The largest absolute Gasteiger partial charge is 0.307 e. The minimum Gasteiger partial charge on any atom is -0.307 e. The average molecular weight is 256 g/mol. The maximum atomic E-state index is 4.12. The van der Waals surface area contributed by atoms with Crippen LogP contribution in [-0.2, 0) is 0 Å². The van der Waals surface area contributed by atoms with Gasteiger partial charge in [0.05, 0.1) is 0 Å². The van der Waals surface area contributed by atoms with E-state index < -0.39 is 0 Å². The maximum absolute atomic E-state index is 4.12. The van der Waals surface area contributed by atoms with Gasteiger partial charge in [-0.15, -0.1) is 0 Å². The van der Waals surface area contributed by atoms with Crippen molar-refractivity contribution in [3.8, 4) is 0 Å². The normalized spacial score (nSPS) is 41.4. The molecule has 1 aromatic heterocycles. The van der Waals surface area contributed by atoms with Crippen molar-refractivity contribution in [2.75, 3.05) is 0 Å². The van der Waals surface area contributed by atoms with Crippen molar-refractivity contribution in [1.82, 2.24) is 10.3 Å². The predicted octanol–water partition coefficient (Wildman–Crippen LogP) is 3.56. The van der Waals surface area contributed by atoms with E-state index in [1.807, 2.05) is 12.4 Å². The molecule has 0 aromatic carbocycles. The molecule has 4 bridgehead atoms. The van der Waals surface area contributed by atoms with Gasteiger partial charge in [0.25, 0.3) is 0 Å². The number of rotatable bonds is 3. The van der Waals surface area contributed by atoms with Gasteiger partial charge in [0.1, 0.15) is 0 Å². The molecule has 1 N–H and O–H groups in total. The summed E-state index contributed by atoms with van der Waals surface area (Å²) < 4.78 is 0. The van der Waals surface area contributed by atoms with Crippen molar-refractivity contribution in [2.24, 2.45) is 23.7 Å². The third-order valence-corrected chi connectivity index (χ3v) is 5.88. The molecule has 1 atom stereocenters. The number of pyridine rings is 1. The van der Waals surface area contributed by atoms with E-state index in [1.54, 1.807) is 6.42 Å². The number of hydrogen-bond acceptors (Lipinski definition) is 2. The summed E-state index contributed by atoms with van der Waals surface area (Å²) in [6.07, 6.45) is 11.3. The monoisotopic (exact) mass is 256 g/mol. The van der Waals surface area contributed by atoms with Gasteiger partial charge in [0, 0.05) is 24.5 Å². The molecular formula is C17H24N2. The molecule has 2 nitrogen and oxygen atoms in total. The Morgan fingerprint density at radius 3 is 2.16 bits per heavy atom. The second kappa shape index (κ2) is 4.59. The molecule has 4 fully saturated rings. The first-order valence-corrected chi connectivity index (χ1v) is 7.95. The fraction of sp³-hybridized carbons (Fsp3) is 0.706. The zero-order valence-electron chi connectivity index (χ0n) is 11.8. The smallest absolute Gasteiger partial charge is 0.0295 e. The Labute approximate surface area is 116 Å². The molecule has 4 saturated carbocycles. The van der Waals surface area contributed by atoms with E-state index >= 15 is 0 Å². The quantitative estimate of drug-likeness (QED) is 0.894. The van der Waals surface area contributed by atoms with Crippen molar-refractivity contribution >= 4 is 0 Å². The molecule has 4 aliphatic rings. The molecule has 0 saturated heterocycles. The maximum Gasteiger partial charge on any atom is 0.0295 e. The Morgan fingerprint density at radius 2 is 1.58 bits per heavy atom. The van der Waals surface area contributed by atoms with Crippen LogP contribution < -0.4 is 5.32 Å². The number of hydrogen-bond donors (Lipinski definition) is 1. The minimum absolute atomic E-state index is 0.463. The third kappa shape index (κ3) is 2.10. The molecule has 19 heavy (non-hydrogen) atoms. The van der Waals surface area contributed by atoms with Crippen LogP contribution >= 0.6 is 0 Å². The van der Waals surface area contributed by atoms with Crippen LogP contribution in [0, 0.1) is 23.7 Å². The molecule has 5 rings (SSSR count). The molecule has 0 amide bonds. The molecule has 0 unspecified atom stereocenters. The summed E-state index contributed by atoms with van der Waals surface area (Å²) in [4.78, 5) is 4.12. The number of nitrogens with zero attached hydrogens (tertiary/aromatic N) is 1. The molecule has 0 radical (unpaired) electrons. The summed E-state index contributed by atoms with van der Waals surface area (Å²) in [5, 5.41) is 3.95. The predicted molar refractivity (Wildman–Crippen MR) is 76.6 cm³/mol. The van der Waals surface area contributed by atoms with Crippen LogP contribution in [0.1, 0.15) is 50.6 Å². The third-order valence-electron chi connectivity index (χ3n) is 5.88. The Bertz CT molecular complexity index is 414. The Morgan fingerprint density at radius 1 is 1.00 bits per heavy atom. The molecule has 0 aliphatic heterocycles. The molecule has 0 spiro atoms. The molecular weight excluding hydrogens is 232 g/mol. The van der Waals surface area contributed by atoms with Crippen molar-refractivity contribution in [3.05, 3.63) is 30.1 Å². The van der Waals surface area contributed by atoms with Crippen molar-refractivity contribution in [3.63, 3.8) is 0 Å². The van der Waals surface area contributed by atoms with Gasteiger partial charge in [-0.2, -0.15) is 0 Å². The highest BCUT2D eigenvalue weighted by Crippen LogP contribution is 2.54. The van der Waals surface area contributed by atoms with Crippen LogP contribution in [0.4, 0.5) is 0 Å². The van der Waals surface area contributed by atoms with Crippen molar-refractivity contribution in [1.29, 1.82) is 0 Å². The van der Waals surface area contributed by atoms with Crippen molar-refractivity contribution < 1.29 is 0 Å². The van der Waals surface area contributed by atoms with Crippen LogP contribution in [0.3, 0.4) is 0 Å². The van der Waals surface area contributed by atoms with E-state index in [-0.39, 0.29) is 0 Å². The van der Waals surface area contributed by atoms with Gasteiger partial charge in [0.2, 0.25) is 0 Å². The fourth-order valence-electron chi connectivity index (χ4n) is 5.23. The van der Waals surface area contributed by atoms with Gasteiger partial charge in [-0.1, -0.05) is 0 Å². The van der Waals surface area contributed by atoms with Crippen LogP contribution in [0.25, 0.3) is 0 Å². The van der Waals surface area contributed by atoms with Gasteiger partial charge in [-0.05, 0) is 80.4 Å². The lowest BCUT2D eigenvalue weighted by atomic mass is 9.54. The highest BCUT2D eigenvalue weighted by atomic mass is 15.0. The van der Waals surface area contributed by atoms with E-state index in [4.69, 9.17) is 0 Å².